The lowest BCUT2D eigenvalue weighted by atomic mass is 10.3. The minimum Gasteiger partial charge on any atom is -0.340 e. The van der Waals surface area contributed by atoms with Gasteiger partial charge in [0.15, 0.2) is 0 Å². The van der Waals surface area contributed by atoms with E-state index in [4.69, 9.17) is 11.6 Å². The number of thioether (sulfide) groups is 1. The average Bonchev–Trinajstić information content (AvgIpc) is 2.65. The van der Waals surface area contributed by atoms with Crippen LogP contribution in [-0.2, 0) is 0 Å². The van der Waals surface area contributed by atoms with E-state index < -0.39 is 0 Å². The number of halogens is 1. The second kappa shape index (κ2) is 9.14. The zero-order valence-electron chi connectivity index (χ0n) is 14.3. The molecule has 0 aliphatic rings. The Morgan fingerprint density at radius 1 is 0.923 bits per heavy atom. The summed E-state index contributed by atoms with van der Waals surface area (Å²) in [5.41, 5.74) is 1.92. The summed E-state index contributed by atoms with van der Waals surface area (Å²) in [6, 6.07) is 15.6. The van der Waals surface area contributed by atoms with E-state index in [2.05, 4.69) is 49.8 Å². The number of anilines is 4. The van der Waals surface area contributed by atoms with E-state index in [1.165, 1.54) is 6.33 Å². The van der Waals surface area contributed by atoms with Gasteiger partial charge in [0.25, 0.3) is 0 Å². The van der Waals surface area contributed by atoms with Crippen LogP contribution in [0.1, 0.15) is 0 Å². The second-order valence-electron chi connectivity index (χ2n) is 5.21. The van der Waals surface area contributed by atoms with Crippen molar-refractivity contribution < 1.29 is 0 Å². The molecule has 134 valence electrons. The molecule has 1 aromatic heterocycles. The third-order valence-electron chi connectivity index (χ3n) is 3.44. The molecule has 3 rings (SSSR count). The van der Waals surface area contributed by atoms with Crippen LogP contribution in [0.25, 0.3) is 0 Å². The third-order valence-corrected chi connectivity index (χ3v) is 5.18. The smallest absolute Gasteiger partial charge is 0.135 e. The maximum Gasteiger partial charge on any atom is 0.135 e. The lowest BCUT2D eigenvalue weighted by Gasteiger charge is -2.13. The van der Waals surface area contributed by atoms with Crippen LogP contribution in [0.15, 0.2) is 64.6 Å². The average molecular weight is 404 g/mol. The number of nitrogens with zero attached hydrogens (tertiary/aromatic N) is 2. The molecule has 0 fully saturated rings. The number of rotatable bonds is 7. The fourth-order valence-corrected chi connectivity index (χ4v) is 3.49. The second-order valence-corrected chi connectivity index (χ2v) is 7.58. The van der Waals surface area contributed by atoms with Crippen molar-refractivity contribution in [1.82, 2.24) is 14.7 Å². The molecule has 0 bridgehead atoms. The van der Waals surface area contributed by atoms with E-state index in [1.807, 2.05) is 37.4 Å². The highest BCUT2D eigenvalue weighted by Gasteiger charge is 2.06. The SMILES string of the molecule is CNSc1ccc(SC)c(Nc2cc(Nc3ccc(Cl)cc3)ncn2)c1. The van der Waals surface area contributed by atoms with Crippen LogP contribution in [0.5, 0.6) is 0 Å². The molecule has 0 radical (unpaired) electrons. The Balaban J connectivity index is 1.80. The highest BCUT2D eigenvalue weighted by Crippen LogP contribution is 2.31. The lowest BCUT2D eigenvalue weighted by Crippen LogP contribution is -2.00. The summed E-state index contributed by atoms with van der Waals surface area (Å²) in [6.07, 6.45) is 3.59. The van der Waals surface area contributed by atoms with Gasteiger partial charge < -0.3 is 10.6 Å². The summed E-state index contributed by atoms with van der Waals surface area (Å²) in [7, 11) is 1.90. The summed E-state index contributed by atoms with van der Waals surface area (Å²) in [5.74, 6) is 1.43. The van der Waals surface area contributed by atoms with Gasteiger partial charge in [-0.1, -0.05) is 11.6 Å². The Labute approximate surface area is 166 Å². The predicted molar refractivity (Wildman–Crippen MR) is 113 cm³/mol. The predicted octanol–water partition coefficient (Wildman–Crippen LogP) is 5.57. The number of hydrogen-bond donors (Lipinski definition) is 3. The van der Waals surface area contributed by atoms with E-state index in [1.54, 1.807) is 23.7 Å². The molecular formula is C18H18ClN5S2. The molecule has 0 unspecified atom stereocenters. The largest absolute Gasteiger partial charge is 0.340 e. The van der Waals surface area contributed by atoms with Crippen LogP contribution in [-0.4, -0.2) is 23.3 Å². The molecule has 0 amide bonds. The molecule has 26 heavy (non-hydrogen) atoms. The summed E-state index contributed by atoms with van der Waals surface area (Å²) in [5, 5.41) is 7.33. The van der Waals surface area contributed by atoms with Crippen molar-refractivity contribution in [3.05, 3.63) is 59.9 Å². The van der Waals surface area contributed by atoms with Crippen molar-refractivity contribution in [2.24, 2.45) is 0 Å². The van der Waals surface area contributed by atoms with Gasteiger partial charge in [-0.2, -0.15) is 0 Å². The first-order chi connectivity index (χ1) is 12.7. The summed E-state index contributed by atoms with van der Waals surface area (Å²) in [4.78, 5) is 10.9. The summed E-state index contributed by atoms with van der Waals surface area (Å²) >= 11 is 9.18. The molecule has 0 spiro atoms. The number of nitrogens with one attached hydrogen (secondary N) is 3. The highest BCUT2D eigenvalue weighted by molar-refractivity contribution is 7.98. The zero-order chi connectivity index (χ0) is 18.4. The maximum atomic E-state index is 5.92. The Hall–Kier alpha value is -1.93. The molecule has 0 saturated heterocycles. The van der Waals surface area contributed by atoms with E-state index >= 15 is 0 Å². The maximum absolute atomic E-state index is 5.92. The molecule has 0 saturated carbocycles. The lowest BCUT2D eigenvalue weighted by molar-refractivity contribution is 1.16. The molecule has 3 aromatic rings. The van der Waals surface area contributed by atoms with Crippen molar-refractivity contribution in [2.45, 2.75) is 9.79 Å². The Morgan fingerprint density at radius 2 is 1.65 bits per heavy atom. The first-order valence-corrected chi connectivity index (χ1v) is 10.2. The van der Waals surface area contributed by atoms with E-state index in [0.717, 1.165) is 27.0 Å². The van der Waals surface area contributed by atoms with E-state index in [-0.39, 0.29) is 0 Å². The number of benzene rings is 2. The van der Waals surface area contributed by atoms with Crippen molar-refractivity contribution in [2.75, 3.05) is 23.9 Å². The Kier molecular flexibility index (Phi) is 6.62. The molecule has 0 aliphatic heterocycles. The molecular weight excluding hydrogens is 386 g/mol. The van der Waals surface area contributed by atoms with Crippen LogP contribution >= 0.6 is 35.3 Å². The standard InChI is InChI=1S/C18H18ClN5S2/c1-20-26-14-7-8-16(25-2)15(9-14)24-18-10-17(21-11-22-18)23-13-5-3-12(19)4-6-13/h3-11,20H,1-2H3,(H2,21,22,23,24). The van der Waals surface area contributed by atoms with Crippen LogP contribution in [0.3, 0.4) is 0 Å². The zero-order valence-corrected chi connectivity index (χ0v) is 16.7. The highest BCUT2D eigenvalue weighted by atomic mass is 35.5. The topological polar surface area (TPSA) is 61.9 Å². The van der Waals surface area contributed by atoms with Crippen LogP contribution in [0, 0.1) is 0 Å². The Bertz CT molecular complexity index is 874. The fourth-order valence-electron chi connectivity index (χ4n) is 2.28. The third kappa shape index (κ3) is 5.04. The first-order valence-electron chi connectivity index (χ1n) is 7.81. The molecule has 3 N–H and O–H groups in total. The molecule has 8 heteroatoms. The Morgan fingerprint density at radius 3 is 2.35 bits per heavy atom. The quantitative estimate of drug-likeness (QED) is 0.352. The van der Waals surface area contributed by atoms with E-state index in [0.29, 0.717) is 10.8 Å². The normalized spacial score (nSPS) is 10.6. The van der Waals surface area contributed by atoms with Crippen molar-refractivity contribution in [1.29, 1.82) is 0 Å². The summed E-state index contributed by atoms with van der Waals surface area (Å²) < 4.78 is 3.09. The number of aromatic nitrogens is 2. The van der Waals surface area contributed by atoms with E-state index in [9.17, 15) is 0 Å². The molecule has 5 nitrogen and oxygen atoms in total. The van der Waals surface area contributed by atoms with Crippen molar-refractivity contribution in [3.63, 3.8) is 0 Å². The fraction of sp³-hybridized carbons (Fsp3) is 0.111. The minimum absolute atomic E-state index is 0.699. The van der Waals surface area contributed by atoms with Gasteiger partial charge in [0, 0.05) is 26.6 Å². The molecule has 0 aliphatic carbocycles. The molecule has 2 aromatic carbocycles. The minimum atomic E-state index is 0.699. The van der Waals surface area contributed by atoms with Crippen molar-refractivity contribution in [3.8, 4) is 0 Å². The van der Waals surface area contributed by atoms with Gasteiger partial charge in [-0.05, 0) is 67.7 Å². The van der Waals surface area contributed by atoms with Crippen LogP contribution in [0.4, 0.5) is 23.0 Å². The van der Waals surface area contributed by atoms with Gasteiger partial charge in [0.1, 0.15) is 18.0 Å². The van der Waals surface area contributed by atoms with Gasteiger partial charge in [0.2, 0.25) is 0 Å². The van der Waals surface area contributed by atoms with Gasteiger partial charge in [0.05, 0.1) is 5.69 Å². The van der Waals surface area contributed by atoms with Gasteiger partial charge >= 0.3 is 0 Å². The molecule has 1 heterocycles. The summed E-state index contributed by atoms with van der Waals surface area (Å²) in [6.45, 7) is 0. The van der Waals surface area contributed by atoms with Gasteiger partial charge in [-0.3, -0.25) is 4.72 Å². The van der Waals surface area contributed by atoms with Crippen LogP contribution < -0.4 is 15.4 Å². The number of hydrogen-bond acceptors (Lipinski definition) is 7. The monoisotopic (exact) mass is 403 g/mol. The molecule has 0 atom stereocenters. The first kappa shape index (κ1) is 18.8. The van der Waals surface area contributed by atoms with Crippen LogP contribution in [0.2, 0.25) is 5.02 Å². The van der Waals surface area contributed by atoms with Crippen molar-refractivity contribution >= 4 is 58.3 Å². The van der Waals surface area contributed by atoms with Gasteiger partial charge in [-0.15, -0.1) is 11.8 Å². The van der Waals surface area contributed by atoms with Gasteiger partial charge in [-0.25, -0.2) is 9.97 Å².